The number of nitrogens with zero attached hydrogens (tertiary/aromatic N) is 1. The lowest BCUT2D eigenvalue weighted by Gasteiger charge is -2.20. The summed E-state index contributed by atoms with van der Waals surface area (Å²) >= 11 is 10.1. The Morgan fingerprint density at radius 2 is 2.06 bits per heavy atom. The minimum atomic E-state index is -0.882. The number of amides is 1. The van der Waals surface area contributed by atoms with Crippen LogP contribution in [0.25, 0.3) is 0 Å². The van der Waals surface area contributed by atoms with Crippen LogP contribution in [0.2, 0.25) is 5.02 Å². The number of carbonyl (C=O) groups excluding carboxylic acids is 1. The van der Waals surface area contributed by atoms with Crippen molar-refractivity contribution in [1.82, 2.24) is 4.90 Å². The van der Waals surface area contributed by atoms with Gasteiger partial charge in [-0.3, -0.25) is 4.79 Å². The lowest BCUT2D eigenvalue weighted by molar-refractivity contribution is 0.0782. The smallest absolute Gasteiger partial charge is 0.257 e. The van der Waals surface area contributed by atoms with Crippen LogP contribution < -0.4 is 5.73 Å². The van der Waals surface area contributed by atoms with Gasteiger partial charge in [-0.05, 0) is 19.1 Å². The number of carbonyl (C=O) groups is 1. The molecule has 0 atom stereocenters. The van der Waals surface area contributed by atoms with E-state index < -0.39 is 23.1 Å². The van der Waals surface area contributed by atoms with E-state index in [2.05, 4.69) is 12.2 Å². The SMILES string of the molecule is CCN(CC(N)=S)C(=O)c1cc(F)c(Cl)cc1F. The maximum atomic E-state index is 13.6. The summed E-state index contributed by atoms with van der Waals surface area (Å²) in [4.78, 5) is 13.3. The van der Waals surface area contributed by atoms with E-state index in [0.717, 1.165) is 12.1 Å². The van der Waals surface area contributed by atoms with Crippen LogP contribution in [-0.2, 0) is 0 Å². The zero-order valence-corrected chi connectivity index (χ0v) is 11.1. The first-order valence-corrected chi connectivity index (χ1v) is 5.87. The number of halogens is 3. The second kappa shape index (κ2) is 6.06. The van der Waals surface area contributed by atoms with Gasteiger partial charge in [0.2, 0.25) is 0 Å². The molecule has 0 heterocycles. The Hall–Kier alpha value is -1.27. The van der Waals surface area contributed by atoms with Gasteiger partial charge in [0.1, 0.15) is 11.6 Å². The molecule has 1 rings (SSSR count). The number of likely N-dealkylation sites (N-methyl/N-ethyl adjacent to an activating group) is 1. The van der Waals surface area contributed by atoms with Crippen molar-refractivity contribution in [2.75, 3.05) is 13.1 Å². The van der Waals surface area contributed by atoms with Gasteiger partial charge in [-0.25, -0.2) is 8.78 Å². The Morgan fingerprint density at radius 1 is 1.44 bits per heavy atom. The standard InChI is InChI=1S/C11H11ClF2N2OS/c1-2-16(5-10(15)18)11(17)6-3-9(14)7(12)4-8(6)13/h3-4H,2,5H2,1H3,(H2,15,18). The summed E-state index contributed by atoms with van der Waals surface area (Å²) in [5.41, 5.74) is 4.93. The van der Waals surface area contributed by atoms with Gasteiger partial charge in [0.25, 0.3) is 5.91 Å². The predicted molar refractivity (Wildman–Crippen MR) is 69.7 cm³/mol. The molecule has 0 saturated carbocycles. The molecule has 0 fully saturated rings. The Kier molecular flexibility index (Phi) is 4.98. The van der Waals surface area contributed by atoms with Crippen molar-refractivity contribution < 1.29 is 13.6 Å². The molecular formula is C11H11ClF2N2OS. The van der Waals surface area contributed by atoms with Crippen LogP contribution in [0.1, 0.15) is 17.3 Å². The van der Waals surface area contributed by atoms with Crippen LogP contribution >= 0.6 is 23.8 Å². The summed E-state index contributed by atoms with van der Waals surface area (Å²) in [5.74, 6) is -2.42. The number of thiocarbonyl (C=S) groups is 1. The minimum absolute atomic E-state index is 0.00829. The maximum Gasteiger partial charge on any atom is 0.257 e. The van der Waals surface area contributed by atoms with E-state index >= 15 is 0 Å². The Bertz CT molecular complexity index is 496. The molecule has 1 aromatic rings. The summed E-state index contributed by atoms with van der Waals surface area (Å²) < 4.78 is 26.8. The highest BCUT2D eigenvalue weighted by molar-refractivity contribution is 7.80. The Labute approximate surface area is 114 Å². The molecule has 3 nitrogen and oxygen atoms in total. The topological polar surface area (TPSA) is 46.3 Å². The largest absolute Gasteiger partial charge is 0.392 e. The molecule has 7 heteroatoms. The van der Waals surface area contributed by atoms with Gasteiger partial charge in [-0.2, -0.15) is 0 Å². The van der Waals surface area contributed by atoms with Crippen LogP contribution in [0.4, 0.5) is 8.78 Å². The van der Waals surface area contributed by atoms with E-state index in [4.69, 9.17) is 17.3 Å². The van der Waals surface area contributed by atoms with Gasteiger partial charge < -0.3 is 10.6 Å². The van der Waals surface area contributed by atoms with Crippen LogP contribution in [0.5, 0.6) is 0 Å². The zero-order chi connectivity index (χ0) is 13.9. The van der Waals surface area contributed by atoms with Crippen molar-refractivity contribution in [3.05, 3.63) is 34.4 Å². The van der Waals surface area contributed by atoms with Crippen LogP contribution in [-0.4, -0.2) is 28.9 Å². The third kappa shape index (κ3) is 3.36. The normalized spacial score (nSPS) is 10.2. The number of hydrogen-bond acceptors (Lipinski definition) is 2. The molecule has 0 radical (unpaired) electrons. The molecule has 18 heavy (non-hydrogen) atoms. The van der Waals surface area contributed by atoms with Gasteiger partial charge in [-0.15, -0.1) is 0 Å². The number of rotatable bonds is 4. The summed E-state index contributed by atoms with van der Waals surface area (Å²) in [6.45, 7) is 1.97. The molecule has 2 N–H and O–H groups in total. The summed E-state index contributed by atoms with van der Waals surface area (Å²) in [7, 11) is 0. The van der Waals surface area contributed by atoms with E-state index in [1.165, 1.54) is 4.90 Å². The first-order valence-electron chi connectivity index (χ1n) is 5.09. The molecule has 98 valence electrons. The van der Waals surface area contributed by atoms with Crippen molar-refractivity contribution in [1.29, 1.82) is 0 Å². The number of nitrogens with two attached hydrogens (primary N) is 1. The fourth-order valence-corrected chi connectivity index (χ4v) is 1.68. The van der Waals surface area contributed by atoms with E-state index in [-0.39, 0.29) is 23.1 Å². The highest BCUT2D eigenvalue weighted by atomic mass is 35.5. The molecule has 0 saturated heterocycles. The lowest BCUT2D eigenvalue weighted by atomic mass is 10.1. The lowest BCUT2D eigenvalue weighted by Crippen LogP contribution is -2.38. The van der Waals surface area contributed by atoms with Crippen molar-refractivity contribution in [2.24, 2.45) is 5.73 Å². The molecule has 0 aliphatic rings. The highest BCUT2D eigenvalue weighted by Gasteiger charge is 2.20. The molecule has 0 aliphatic heterocycles. The van der Waals surface area contributed by atoms with Gasteiger partial charge in [0.05, 0.1) is 22.1 Å². The summed E-state index contributed by atoms with van der Waals surface area (Å²) in [6, 6.07) is 1.53. The van der Waals surface area contributed by atoms with Gasteiger partial charge in [-0.1, -0.05) is 23.8 Å². The highest BCUT2D eigenvalue weighted by Crippen LogP contribution is 2.20. The van der Waals surface area contributed by atoms with Crippen LogP contribution in [0.15, 0.2) is 12.1 Å². The van der Waals surface area contributed by atoms with Gasteiger partial charge in [0.15, 0.2) is 0 Å². The third-order valence-corrected chi connectivity index (χ3v) is 2.67. The molecule has 1 amide bonds. The van der Waals surface area contributed by atoms with Gasteiger partial charge in [0, 0.05) is 6.54 Å². The van der Waals surface area contributed by atoms with Gasteiger partial charge >= 0.3 is 0 Å². The van der Waals surface area contributed by atoms with E-state index in [1.54, 1.807) is 6.92 Å². The van der Waals surface area contributed by atoms with Crippen LogP contribution in [0, 0.1) is 11.6 Å². The second-order valence-corrected chi connectivity index (χ2v) is 4.46. The summed E-state index contributed by atoms with van der Waals surface area (Å²) in [6.07, 6.45) is 0. The van der Waals surface area contributed by atoms with E-state index in [1.807, 2.05) is 0 Å². The molecule has 1 aromatic carbocycles. The second-order valence-electron chi connectivity index (χ2n) is 3.53. The van der Waals surface area contributed by atoms with Crippen molar-refractivity contribution in [3.8, 4) is 0 Å². The molecule has 0 aromatic heterocycles. The van der Waals surface area contributed by atoms with Crippen molar-refractivity contribution in [2.45, 2.75) is 6.92 Å². The zero-order valence-electron chi connectivity index (χ0n) is 9.54. The van der Waals surface area contributed by atoms with E-state index in [0.29, 0.717) is 0 Å². The molecule has 0 bridgehead atoms. The molecule has 0 spiro atoms. The van der Waals surface area contributed by atoms with E-state index in [9.17, 15) is 13.6 Å². The van der Waals surface area contributed by atoms with Crippen LogP contribution in [0.3, 0.4) is 0 Å². The Balaban J connectivity index is 3.09. The van der Waals surface area contributed by atoms with Crippen molar-refractivity contribution >= 4 is 34.7 Å². The Morgan fingerprint density at radius 3 is 2.56 bits per heavy atom. The first-order chi connectivity index (χ1) is 8.36. The first kappa shape index (κ1) is 14.8. The minimum Gasteiger partial charge on any atom is -0.392 e. The fourth-order valence-electron chi connectivity index (χ4n) is 1.37. The molecular weight excluding hydrogens is 282 g/mol. The monoisotopic (exact) mass is 292 g/mol. The predicted octanol–water partition coefficient (Wildman–Crippen LogP) is 2.37. The average Bonchev–Trinajstić information content (AvgIpc) is 2.29. The third-order valence-electron chi connectivity index (χ3n) is 2.26. The quantitative estimate of drug-likeness (QED) is 0.684. The van der Waals surface area contributed by atoms with Crippen molar-refractivity contribution in [3.63, 3.8) is 0 Å². The number of hydrogen-bond donors (Lipinski definition) is 1. The molecule has 0 aliphatic carbocycles. The number of benzene rings is 1. The molecule has 0 unspecified atom stereocenters. The summed E-state index contributed by atoms with van der Waals surface area (Å²) in [5, 5.41) is -0.374. The average molecular weight is 293 g/mol. The maximum absolute atomic E-state index is 13.6. The fraction of sp³-hybridized carbons (Fsp3) is 0.273.